The highest BCUT2D eigenvalue weighted by Gasteiger charge is 2.11. The Bertz CT molecular complexity index is 363. The lowest BCUT2D eigenvalue weighted by molar-refractivity contribution is 0.124. The van der Waals surface area contributed by atoms with Crippen molar-refractivity contribution in [3.63, 3.8) is 0 Å². The maximum atomic E-state index is 12.4. The van der Waals surface area contributed by atoms with Gasteiger partial charge in [0.05, 0.1) is 0 Å². The average molecular weight is 255 g/mol. The molecule has 0 aromatic rings. The van der Waals surface area contributed by atoms with Gasteiger partial charge in [0.15, 0.2) is 0 Å². The van der Waals surface area contributed by atoms with Gasteiger partial charge in [0.2, 0.25) is 0 Å². The number of alkyl halides is 2. The first-order valence-corrected chi connectivity index (χ1v) is 6.12. The summed E-state index contributed by atoms with van der Waals surface area (Å²) in [4.78, 5) is 3.88. The Morgan fingerprint density at radius 3 is 2.11 bits per heavy atom. The van der Waals surface area contributed by atoms with Crippen LogP contribution >= 0.6 is 0 Å². The van der Waals surface area contributed by atoms with Crippen molar-refractivity contribution in [3.8, 4) is 0 Å². The van der Waals surface area contributed by atoms with E-state index in [0.717, 1.165) is 11.1 Å². The maximum absolute atomic E-state index is 12.4. The summed E-state index contributed by atoms with van der Waals surface area (Å²) in [6.07, 6.45) is 2.77. The first-order valence-electron chi connectivity index (χ1n) is 6.12. The highest BCUT2D eigenvalue weighted by molar-refractivity contribution is 5.84. The fraction of sp³-hybridized carbons (Fsp3) is 0.533. The van der Waals surface area contributed by atoms with Crippen LogP contribution in [0.2, 0.25) is 0 Å². The van der Waals surface area contributed by atoms with Crippen molar-refractivity contribution in [2.24, 2.45) is 10.9 Å². The van der Waals surface area contributed by atoms with Crippen molar-refractivity contribution in [3.05, 3.63) is 35.5 Å². The Labute approximate surface area is 109 Å². The fourth-order valence-electron chi connectivity index (χ4n) is 1.05. The summed E-state index contributed by atoms with van der Waals surface area (Å²) >= 11 is 0. The highest BCUT2D eigenvalue weighted by Crippen LogP contribution is 2.14. The third kappa shape index (κ3) is 5.89. The molecule has 0 aliphatic heterocycles. The Morgan fingerprint density at radius 2 is 1.72 bits per heavy atom. The quantitative estimate of drug-likeness (QED) is 0.477. The second-order valence-corrected chi connectivity index (χ2v) is 4.74. The van der Waals surface area contributed by atoms with E-state index in [4.69, 9.17) is 0 Å². The second kappa shape index (κ2) is 7.96. The predicted octanol–water partition coefficient (Wildman–Crippen LogP) is 4.82. The lowest BCUT2D eigenvalue weighted by Crippen LogP contribution is -2.10. The van der Waals surface area contributed by atoms with Crippen LogP contribution in [0.5, 0.6) is 0 Å². The summed E-state index contributed by atoms with van der Waals surface area (Å²) in [5.74, 6) is 0.415. The van der Waals surface area contributed by atoms with Gasteiger partial charge >= 0.3 is 0 Å². The molecular formula is C15H23F2N. The molecule has 0 saturated heterocycles. The molecule has 0 N–H and O–H groups in total. The standard InChI is InChI=1S/C15H23F2N/c1-7-11(4)14(8-12(5)10(2)3)9-18-13(6)15(16)17/h7-10,13,15H,1H2,2-6H3/b12-8+,14-11+,18-9?. The predicted molar refractivity (Wildman–Crippen MR) is 75.5 cm³/mol. The molecule has 1 unspecified atom stereocenters. The molecule has 18 heavy (non-hydrogen) atoms. The monoisotopic (exact) mass is 255 g/mol. The summed E-state index contributed by atoms with van der Waals surface area (Å²) < 4.78 is 24.8. The van der Waals surface area contributed by atoms with Crippen molar-refractivity contribution >= 4 is 6.21 Å². The van der Waals surface area contributed by atoms with Crippen LogP contribution in [-0.2, 0) is 0 Å². The van der Waals surface area contributed by atoms with Crippen molar-refractivity contribution in [1.82, 2.24) is 0 Å². The number of hydrogen-bond acceptors (Lipinski definition) is 1. The van der Waals surface area contributed by atoms with Gasteiger partial charge in [-0.25, -0.2) is 8.78 Å². The molecule has 1 atom stereocenters. The van der Waals surface area contributed by atoms with E-state index < -0.39 is 12.5 Å². The fourth-order valence-corrected chi connectivity index (χ4v) is 1.05. The molecule has 0 bridgehead atoms. The van der Waals surface area contributed by atoms with Gasteiger partial charge in [-0.05, 0) is 37.8 Å². The van der Waals surface area contributed by atoms with Gasteiger partial charge in [-0.15, -0.1) is 0 Å². The van der Waals surface area contributed by atoms with E-state index in [0.29, 0.717) is 5.92 Å². The van der Waals surface area contributed by atoms with E-state index in [1.54, 1.807) is 6.08 Å². The Hall–Kier alpha value is -1.25. The van der Waals surface area contributed by atoms with Crippen molar-refractivity contribution in [1.29, 1.82) is 0 Å². The maximum Gasteiger partial charge on any atom is 0.260 e. The van der Waals surface area contributed by atoms with Gasteiger partial charge in [0, 0.05) is 6.21 Å². The first kappa shape index (κ1) is 16.8. The molecule has 0 radical (unpaired) electrons. The van der Waals surface area contributed by atoms with Gasteiger partial charge in [-0.2, -0.15) is 0 Å². The van der Waals surface area contributed by atoms with E-state index in [-0.39, 0.29) is 0 Å². The largest absolute Gasteiger partial charge is 0.284 e. The van der Waals surface area contributed by atoms with Crippen LogP contribution < -0.4 is 0 Å². The number of rotatable bonds is 6. The number of hydrogen-bond donors (Lipinski definition) is 0. The van der Waals surface area contributed by atoms with Gasteiger partial charge < -0.3 is 0 Å². The third-order valence-corrected chi connectivity index (χ3v) is 2.87. The molecule has 0 aromatic heterocycles. The van der Waals surface area contributed by atoms with E-state index >= 15 is 0 Å². The molecule has 1 nitrogen and oxygen atoms in total. The zero-order valence-corrected chi connectivity index (χ0v) is 11.9. The Morgan fingerprint density at radius 1 is 1.17 bits per heavy atom. The molecule has 0 heterocycles. The molecule has 0 spiro atoms. The SMILES string of the molecule is C=C/C(C)=C(C=NC(C)C(F)F)\C=C(/C)C(C)C. The second-order valence-electron chi connectivity index (χ2n) is 4.74. The lowest BCUT2D eigenvalue weighted by atomic mass is 10.0. The van der Waals surface area contributed by atoms with Crippen LogP contribution in [-0.4, -0.2) is 18.7 Å². The number of aliphatic imine (C=N–C) groups is 1. The van der Waals surface area contributed by atoms with Gasteiger partial charge in [-0.3, -0.25) is 4.99 Å². The van der Waals surface area contributed by atoms with Crippen LogP contribution in [0, 0.1) is 5.92 Å². The smallest absolute Gasteiger partial charge is 0.260 e. The van der Waals surface area contributed by atoms with Gasteiger partial charge in [0.25, 0.3) is 6.43 Å². The third-order valence-electron chi connectivity index (χ3n) is 2.87. The summed E-state index contributed by atoms with van der Waals surface area (Å²) in [5, 5.41) is 0. The minimum Gasteiger partial charge on any atom is -0.284 e. The molecule has 0 aliphatic rings. The average Bonchev–Trinajstić information content (AvgIpc) is 2.32. The van der Waals surface area contributed by atoms with E-state index in [2.05, 4.69) is 25.4 Å². The summed E-state index contributed by atoms with van der Waals surface area (Å²) in [6, 6.07) is -0.981. The molecule has 0 saturated carbocycles. The zero-order chi connectivity index (χ0) is 14.3. The van der Waals surface area contributed by atoms with Crippen LogP contribution in [0.3, 0.4) is 0 Å². The van der Waals surface area contributed by atoms with Crippen molar-refractivity contribution < 1.29 is 8.78 Å². The summed E-state index contributed by atoms with van der Waals surface area (Å²) in [6.45, 7) is 13.2. The number of halogens is 2. The van der Waals surface area contributed by atoms with Gasteiger partial charge in [-0.1, -0.05) is 38.2 Å². The molecule has 0 rings (SSSR count). The summed E-state index contributed by atoms with van der Waals surface area (Å²) in [5.41, 5.74) is 2.95. The van der Waals surface area contributed by atoms with Crippen LogP contribution in [0.25, 0.3) is 0 Å². The Kier molecular flexibility index (Phi) is 7.41. The molecule has 0 amide bonds. The first-order chi connectivity index (χ1) is 8.29. The van der Waals surface area contributed by atoms with E-state index in [9.17, 15) is 8.78 Å². The summed E-state index contributed by atoms with van der Waals surface area (Å²) in [7, 11) is 0. The molecule has 0 aliphatic carbocycles. The van der Waals surface area contributed by atoms with Crippen LogP contribution in [0.15, 0.2) is 40.4 Å². The number of nitrogens with zero attached hydrogens (tertiary/aromatic N) is 1. The van der Waals surface area contributed by atoms with Crippen molar-refractivity contribution in [2.45, 2.75) is 47.1 Å². The molecule has 102 valence electrons. The molecular weight excluding hydrogens is 232 g/mol. The number of allylic oxidation sites excluding steroid dienone is 5. The normalized spacial score (nSPS) is 16.4. The highest BCUT2D eigenvalue weighted by atomic mass is 19.3. The molecule has 0 aromatic carbocycles. The minimum atomic E-state index is -2.43. The topological polar surface area (TPSA) is 12.4 Å². The van der Waals surface area contributed by atoms with Gasteiger partial charge in [0.1, 0.15) is 6.04 Å². The zero-order valence-electron chi connectivity index (χ0n) is 11.9. The van der Waals surface area contributed by atoms with Crippen molar-refractivity contribution in [2.75, 3.05) is 0 Å². The minimum absolute atomic E-state index is 0.415. The Balaban J connectivity index is 5.19. The van der Waals surface area contributed by atoms with Crippen LogP contribution in [0.1, 0.15) is 34.6 Å². The molecule has 3 heteroatoms. The van der Waals surface area contributed by atoms with E-state index in [1.165, 1.54) is 18.7 Å². The molecule has 0 fully saturated rings. The lowest BCUT2D eigenvalue weighted by Gasteiger charge is -2.08. The van der Waals surface area contributed by atoms with E-state index in [1.807, 2.05) is 19.9 Å². The van der Waals surface area contributed by atoms with Crippen LogP contribution in [0.4, 0.5) is 8.78 Å².